The number of alkyl halides is 9. The summed E-state index contributed by atoms with van der Waals surface area (Å²) in [6, 6.07) is 11.1. The summed E-state index contributed by atoms with van der Waals surface area (Å²) < 4.78 is 108. The smallest absolute Gasteiger partial charge is 0.573 e. The van der Waals surface area contributed by atoms with Crippen LogP contribution in [0.2, 0.25) is 0 Å². The summed E-state index contributed by atoms with van der Waals surface area (Å²) >= 11 is 0. The van der Waals surface area contributed by atoms with E-state index in [0.29, 0.717) is 17.1 Å². The van der Waals surface area contributed by atoms with Crippen LogP contribution in [-0.4, -0.2) is 20.2 Å². The van der Waals surface area contributed by atoms with Crippen LogP contribution in [0.5, 0.6) is 0 Å². The normalized spacial score (nSPS) is 11.9. The number of pyridine rings is 2. The summed E-state index contributed by atoms with van der Waals surface area (Å²) in [4.78, 5) is 8.43. The first kappa shape index (κ1) is 28.0. The Morgan fingerprint density at radius 1 is 0.600 bits per heavy atom. The van der Waals surface area contributed by atoms with Crippen LogP contribution in [0.4, 0.5) is 39.5 Å². The van der Waals surface area contributed by atoms with Crippen LogP contribution in [-0.2, 0) is 39.6 Å². The number of nitrogens with zero attached hydrogens (tertiary/aromatic N) is 6. The Balaban J connectivity index is 0.000000268. The van der Waals surface area contributed by atoms with Crippen molar-refractivity contribution >= 4 is 0 Å². The van der Waals surface area contributed by atoms with Gasteiger partial charge in [0.2, 0.25) is 0 Å². The number of hydrogen-bond donors (Lipinski definition) is 0. The van der Waals surface area contributed by atoms with E-state index in [1.54, 1.807) is 42.6 Å². The summed E-state index contributed by atoms with van der Waals surface area (Å²) in [5.74, 6) is 0. The van der Waals surface area contributed by atoms with E-state index in [0.717, 1.165) is 6.07 Å². The van der Waals surface area contributed by atoms with Gasteiger partial charge in [0.25, 0.3) is 0 Å². The fourth-order valence-corrected chi connectivity index (χ4v) is 2.36. The van der Waals surface area contributed by atoms with Crippen molar-refractivity contribution in [3.63, 3.8) is 0 Å². The van der Waals surface area contributed by atoms with Gasteiger partial charge in [0.05, 0.1) is 17.1 Å². The molecule has 0 unspecified atom stereocenters. The Morgan fingerprint density at radius 3 is 1.66 bits per heavy atom. The number of aromatic nitrogens is 6. The summed E-state index contributed by atoms with van der Waals surface area (Å²) in [5.41, 5.74) is -2.71. The molecule has 35 heavy (non-hydrogen) atoms. The van der Waals surface area contributed by atoms with Gasteiger partial charge in [0.15, 0.2) is 0 Å². The fraction of sp³-hybridized carbons (Fsp3) is 0.158. The molecule has 0 aliphatic rings. The van der Waals surface area contributed by atoms with Gasteiger partial charge in [-0.1, -0.05) is 17.8 Å². The van der Waals surface area contributed by atoms with Gasteiger partial charge in [-0.25, -0.2) is 4.98 Å². The van der Waals surface area contributed by atoms with Crippen molar-refractivity contribution in [2.75, 3.05) is 0 Å². The van der Waals surface area contributed by atoms with Crippen molar-refractivity contribution in [2.45, 2.75) is 18.5 Å². The molecule has 0 saturated heterocycles. The van der Waals surface area contributed by atoms with E-state index in [9.17, 15) is 39.5 Å². The molecule has 0 aliphatic heterocycles. The molecule has 6 nitrogen and oxygen atoms in total. The minimum atomic E-state index is -4.89. The van der Waals surface area contributed by atoms with Gasteiger partial charge in [0, 0.05) is 6.20 Å². The molecule has 4 heterocycles. The van der Waals surface area contributed by atoms with Gasteiger partial charge < -0.3 is 20.4 Å². The van der Waals surface area contributed by atoms with Crippen LogP contribution < -0.4 is 10.2 Å². The average molecular weight is 687 g/mol. The van der Waals surface area contributed by atoms with Crippen molar-refractivity contribution < 1.29 is 60.6 Å². The Kier molecular flexibility index (Phi) is 8.47. The van der Waals surface area contributed by atoms with Crippen LogP contribution in [0, 0.1) is 0 Å². The molecule has 16 heteroatoms. The third kappa shape index (κ3) is 7.38. The van der Waals surface area contributed by atoms with E-state index < -0.39 is 35.6 Å². The van der Waals surface area contributed by atoms with Crippen molar-refractivity contribution in [1.29, 1.82) is 0 Å². The zero-order chi connectivity index (χ0) is 25.1. The second kappa shape index (κ2) is 10.6. The van der Waals surface area contributed by atoms with Crippen LogP contribution >= 0.6 is 0 Å². The largest absolute Gasteiger partial charge is 2.00 e. The van der Waals surface area contributed by atoms with E-state index in [4.69, 9.17) is 0 Å². The number of hydrogen-bond acceptors (Lipinski definition) is 4. The Morgan fingerprint density at radius 2 is 1.17 bits per heavy atom. The maximum atomic E-state index is 12.5. The van der Waals surface area contributed by atoms with Gasteiger partial charge in [-0.3, -0.25) is 4.98 Å². The quantitative estimate of drug-likeness (QED) is 0.268. The zero-order valence-electron chi connectivity index (χ0n) is 16.6. The SMILES string of the molecule is FC(F)(F)c1cc(-c2cccc(-c3ccccn3)n2)[n-]n1.FC(F)(F)c1cc(C(F)(F)F)[n-]n1.[Pt+2]. The molecule has 0 aromatic carbocycles. The van der Waals surface area contributed by atoms with E-state index in [1.165, 1.54) is 0 Å². The van der Waals surface area contributed by atoms with Gasteiger partial charge in [-0.15, -0.1) is 0 Å². The molecule has 0 bridgehead atoms. The summed E-state index contributed by atoms with van der Waals surface area (Å²) in [6.45, 7) is 0. The molecule has 0 saturated carbocycles. The second-order valence-corrected chi connectivity index (χ2v) is 6.35. The van der Waals surface area contributed by atoms with E-state index in [1.807, 2.05) is 0 Å². The second-order valence-electron chi connectivity index (χ2n) is 6.35. The van der Waals surface area contributed by atoms with E-state index in [-0.39, 0.29) is 32.8 Å². The molecule has 0 spiro atoms. The van der Waals surface area contributed by atoms with Crippen LogP contribution in [0.1, 0.15) is 17.1 Å². The molecule has 0 radical (unpaired) electrons. The molecule has 188 valence electrons. The van der Waals surface area contributed by atoms with Crippen molar-refractivity contribution in [3.8, 4) is 22.8 Å². The fourth-order valence-electron chi connectivity index (χ4n) is 2.36. The van der Waals surface area contributed by atoms with Gasteiger partial charge >= 0.3 is 39.6 Å². The van der Waals surface area contributed by atoms with Crippen LogP contribution in [0.15, 0.2) is 54.7 Å². The molecular formula is C19H9F9N6Pt. The van der Waals surface area contributed by atoms with Gasteiger partial charge in [0.1, 0.15) is 11.4 Å². The topological polar surface area (TPSA) is 79.8 Å². The monoisotopic (exact) mass is 687 g/mol. The van der Waals surface area contributed by atoms with Crippen LogP contribution in [0.25, 0.3) is 22.8 Å². The number of halogens is 9. The molecule has 0 aliphatic carbocycles. The Hall–Kier alpha value is -3.22. The van der Waals surface area contributed by atoms with Gasteiger partial charge in [-0.2, -0.15) is 39.5 Å². The van der Waals surface area contributed by atoms with Crippen LogP contribution in [0.3, 0.4) is 0 Å². The van der Waals surface area contributed by atoms with Crippen molar-refractivity contribution in [3.05, 3.63) is 71.8 Å². The number of rotatable bonds is 2. The molecule has 0 N–H and O–H groups in total. The summed E-state index contributed by atoms with van der Waals surface area (Å²) in [5, 5.41) is 11.4. The first-order valence-electron chi connectivity index (χ1n) is 8.86. The maximum absolute atomic E-state index is 12.5. The molecule has 0 amide bonds. The van der Waals surface area contributed by atoms with Crippen molar-refractivity contribution in [1.82, 2.24) is 30.4 Å². The van der Waals surface area contributed by atoms with Crippen molar-refractivity contribution in [2.24, 2.45) is 0 Å². The third-order valence-corrected chi connectivity index (χ3v) is 3.89. The minimum absolute atomic E-state index is 0. The minimum Gasteiger partial charge on any atom is -0.573 e. The predicted octanol–water partition coefficient (Wildman–Crippen LogP) is 5.26. The Labute approximate surface area is 204 Å². The molecule has 0 fully saturated rings. The van der Waals surface area contributed by atoms with E-state index >= 15 is 0 Å². The first-order valence-corrected chi connectivity index (χ1v) is 8.86. The standard InChI is InChI=1S/C14H8F3N4.C5HF6N2.Pt/c15-14(16,17)13-8-12(20-21-13)11-6-3-5-10(19-11)9-4-1-2-7-18-9;6-4(7,8)2-1-3(13-12-2)5(9,10)11;/h1-8H;1H;/q2*-1;+2. The Bertz CT molecular complexity index is 1200. The zero-order valence-corrected chi connectivity index (χ0v) is 18.9. The molecule has 4 rings (SSSR count). The summed E-state index contributed by atoms with van der Waals surface area (Å²) in [6.07, 6.45) is -12.7. The van der Waals surface area contributed by atoms with E-state index in [2.05, 4.69) is 30.4 Å². The predicted molar refractivity (Wildman–Crippen MR) is 96.6 cm³/mol. The third-order valence-electron chi connectivity index (χ3n) is 3.89. The molecular weight excluding hydrogens is 678 g/mol. The van der Waals surface area contributed by atoms with Gasteiger partial charge in [-0.05, 0) is 42.1 Å². The average Bonchev–Trinajstić information content (AvgIpc) is 3.45. The summed E-state index contributed by atoms with van der Waals surface area (Å²) in [7, 11) is 0. The maximum Gasteiger partial charge on any atom is 2.00 e. The first-order chi connectivity index (χ1) is 15.7. The molecule has 4 aromatic rings. The molecule has 4 aromatic heterocycles. The molecule has 0 atom stereocenters.